The third kappa shape index (κ3) is 4.83. The zero-order valence-electron chi connectivity index (χ0n) is 13.2. The van der Waals surface area contributed by atoms with Crippen molar-refractivity contribution >= 4 is 28.9 Å². The van der Waals surface area contributed by atoms with E-state index in [2.05, 4.69) is 15.4 Å². The highest BCUT2D eigenvalue weighted by molar-refractivity contribution is 6.33. The fraction of sp³-hybridized carbons (Fsp3) is 0.235. The summed E-state index contributed by atoms with van der Waals surface area (Å²) >= 11 is 6.16. The van der Waals surface area contributed by atoms with E-state index in [4.69, 9.17) is 11.6 Å². The minimum Gasteiger partial charge on any atom is -0.433 e. The number of rotatable bonds is 6. The summed E-state index contributed by atoms with van der Waals surface area (Å²) in [7, 11) is 0. The van der Waals surface area contributed by atoms with Crippen LogP contribution in [0, 0.1) is 13.8 Å². The monoisotopic (exact) mass is 354 g/mol. The van der Waals surface area contributed by atoms with Crippen LogP contribution in [0.25, 0.3) is 0 Å². The number of anilines is 2. The molecule has 7 heteroatoms. The van der Waals surface area contributed by atoms with E-state index in [9.17, 15) is 13.6 Å². The molecule has 0 atom stereocenters. The Bertz CT molecular complexity index is 715. The van der Waals surface area contributed by atoms with Crippen LogP contribution in [0.1, 0.15) is 11.1 Å². The third-order valence-corrected chi connectivity index (χ3v) is 3.53. The first-order valence-electron chi connectivity index (χ1n) is 7.21. The highest BCUT2D eigenvalue weighted by Gasteiger charge is 2.12. The maximum absolute atomic E-state index is 12.4. The van der Waals surface area contributed by atoms with E-state index in [-0.39, 0.29) is 18.0 Å². The Morgan fingerprint density at radius 1 is 1.25 bits per heavy atom. The van der Waals surface area contributed by atoms with Crippen LogP contribution in [0.5, 0.6) is 5.75 Å². The van der Waals surface area contributed by atoms with Crippen LogP contribution < -0.4 is 15.4 Å². The lowest BCUT2D eigenvalue weighted by Crippen LogP contribution is -2.22. The third-order valence-electron chi connectivity index (χ3n) is 3.23. The average Bonchev–Trinajstić information content (AvgIpc) is 2.47. The minimum atomic E-state index is -2.96. The Morgan fingerprint density at radius 3 is 2.62 bits per heavy atom. The number of ether oxygens (including phenoxy) is 1. The zero-order chi connectivity index (χ0) is 17.7. The number of para-hydroxylation sites is 2. The van der Waals surface area contributed by atoms with Gasteiger partial charge < -0.3 is 15.4 Å². The van der Waals surface area contributed by atoms with E-state index < -0.39 is 12.5 Å². The molecule has 0 saturated heterocycles. The Labute approximate surface area is 143 Å². The highest BCUT2D eigenvalue weighted by Crippen LogP contribution is 2.28. The molecule has 2 aromatic carbocycles. The Kier molecular flexibility index (Phi) is 5.98. The van der Waals surface area contributed by atoms with E-state index in [0.717, 1.165) is 11.1 Å². The number of hydrogen-bond acceptors (Lipinski definition) is 3. The summed E-state index contributed by atoms with van der Waals surface area (Å²) in [6, 6.07) is 9.73. The summed E-state index contributed by atoms with van der Waals surface area (Å²) in [5.41, 5.74) is 2.77. The zero-order valence-corrected chi connectivity index (χ0v) is 14.0. The summed E-state index contributed by atoms with van der Waals surface area (Å²) in [6.07, 6.45) is 0. The van der Waals surface area contributed by atoms with Gasteiger partial charge >= 0.3 is 6.61 Å². The molecule has 0 spiro atoms. The second-order valence-electron chi connectivity index (χ2n) is 5.22. The number of aryl methyl sites for hydroxylation is 2. The van der Waals surface area contributed by atoms with Crippen LogP contribution in [0.4, 0.5) is 20.2 Å². The number of hydrogen-bond donors (Lipinski definition) is 2. The molecule has 4 nitrogen and oxygen atoms in total. The molecule has 2 aromatic rings. The van der Waals surface area contributed by atoms with Crippen LogP contribution in [0.15, 0.2) is 36.4 Å². The Hall–Kier alpha value is -2.34. The van der Waals surface area contributed by atoms with E-state index in [0.29, 0.717) is 10.7 Å². The van der Waals surface area contributed by atoms with Gasteiger partial charge in [0.2, 0.25) is 5.91 Å². The fourth-order valence-corrected chi connectivity index (χ4v) is 2.66. The number of carbonyl (C=O) groups excluding carboxylic acids is 1. The number of amides is 1. The van der Waals surface area contributed by atoms with Crippen LogP contribution in [0.2, 0.25) is 5.02 Å². The number of halogens is 3. The molecule has 0 radical (unpaired) electrons. The predicted molar refractivity (Wildman–Crippen MR) is 91.1 cm³/mol. The molecule has 0 saturated carbocycles. The topological polar surface area (TPSA) is 50.4 Å². The summed E-state index contributed by atoms with van der Waals surface area (Å²) in [4.78, 5) is 12.1. The van der Waals surface area contributed by atoms with E-state index in [1.807, 2.05) is 19.9 Å². The molecule has 0 aliphatic rings. The quantitative estimate of drug-likeness (QED) is 0.796. The van der Waals surface area contributed by atoms with Crippen LogP contribution in [0.3, 0.4) is 0 Å². The lowest BCUT2D eigenvalue weighted by Gasteiger charge is -2.14. The van der Waals surface area contributed by atoms with Crippen molar-refractivity contribution in [3.63, 3.8) is 0 Å². The van der Waals surface area contributed by atoms with Crippen molar-refractivity contribution in [2.24, 2.45) is 0 Å². The van der Waals surface area contributed by atoms with Gasteiger partial charge in [0.1, 0.15) is 5.75 Å². The van der Waals surface area contributed by atoms with E-state index in [1.54, 1.807) is 18.2 Å². The Balaban J connectivity index is 2.02. The molecule has 0 bridgehead atoms. The summed E-state index contributed by atoms with van der Waals surface area (Å²) in [6.45, 7) is 0.780. The molecule has 24 heavy (non-hydrogen) atoms. The normalized spacial score (nSPS) is 10.6. The smallest absolute Gasteiger partial charge is 0.387 e. The van der Waals surface area contributed by atoms with Gasteiger partial charge in [-0.2, -0.15) is 8.78 Å². The molecule has 2 rings (SSSR count). The lowest BCUT2D eigenvalue weighted by molar-refractivity contribution is -0.114. The number of nitrogens with one attached hydrogen (secondary N) is 2. The fourth-order valence-electron chi connectivity index (χ4n) is 2.27. The first kappa shape index (κ1) is 18.0. The van der Waals surface area contributed by atoms with Crippen molar-refractivity contribution in [3.05, 3.63) is 52.5 Å². The second kappa shape index (κ2) is 7.97. The molecule has 0 fully saturated rings. The van der Waals surface area contributed by atoms with Gasteiger partial charge in [-0.1, -0.05) is 29.8 Å². The first-order chi connectivity index (χ1) is 11.4. The molecule has 0 unspecified atom stereocenters. The van der Waals surface area contributed by atoms with Gasteiger partial charge in [-0.05, 0) is 43.2 Å². The van der Waals surface area contributed by atoms with Gasteiger partial charge in [-0.15, -0.1) is 0 Å². The van der Waals surface area contributed by atoms with Gasteiger partial charge in [-0.25, -0.2) is 0 Å². The lowest BCUT2D eigenvalue weighted by atomic mass is 10.1. The standard InChI is InChI=1S/C17H17ClF2N2O2/c1-10-7-11(2)16(12(18)8-10)21-9-15(23)22-13-5-3-4-6-14(13)24-17(19)20/h3-8,17,21H,9H2,1-2H3,(H,22,23). The molecule has 0 aliphatic heterocycles. The summed E-state index contributed by atoms with van der Waals surface area (Å²) in [5, 5.41) is 6.00. The van der Waals surface area contributed by atoms with Gasteiger partial charge in [0, 0.05) is 0 Å². The molecule has 1 amide bonds. The van der Waals surface area contributed by atoms with Crippen LogP contribution in [-0.4, -0.2) is 19.1 Å². The maximum Gasteiger partial charge on any atom is 0.387 e. The van der Waals surface area contributed by atoms with Crippen molar-refractivity contribution < 1.29 is 18.3 Å². The van der Waals surface area contributed by atoms with Gasteiger partial charge in [-0.3, -0.25) is 4.79 Å². The first-order valence-corrected chi connectivity index (χ1v) is 7.59. The van der Waals surface area contributed by atoms with Gasteiger partial charge in [0.15, 0.2) is 0 Å². The molecule has 128 valence electrons. The molecular formula is C17H17ClF2N2O2. The number of alkyl halides is 2. The average molecular weight is 355 g/mol. The highest BCUT2D eigenvalue weighted by atomic mass is 35.5. The van der Waals surface area contributed by atoms with Crippen LogP contribution >= 0.6 is 11.6 Å². The predicted octanol–water partition coefficient (Wildman–Crippen LogP) is 4.61. The molecular weight excluding hydrogens is 338 g/mol. The summed E-state index contributed by atoms with van der Waals surface area (Å²) < 4.78 is 29.1. The van der Waals surface area contributed by atoms with Crippen LogP contribution in [-0.2, 0) is 4.79 Å². The van der Waals surface area contributed by atoms with Gasteiger partial charge in [0.05, 0.1) is 22.9 Å². The Morgan fingerprint density at radius 2 is 1.96 bits per heavy atom. The van der Waals surface area contributed by atoms with E-state index in [1.165, 1.54) is 12.1 Å². The van der Waals surface area contributed by atoms with Crippen molar-refractivity contribution in [1.82, 2.24) is 0 Å². The van der Waals surface area contributed by atoms with Crippen molar-refractivity contribution in [2.45, 2.75) is 20.5 Å². The van der Waals surface area contributed by atoms with Crippen molar-refractivity contribution in [1.29, 1.82) is 0 Å². The SMILES string of the molecule is Cc1cc(C)c(NCC(=O)Nc2ccccc2OC(F)F)c(Cl)c1. The summed E-state index contributed by atoms with van der Waals surface area (Å²) in [5.74, 6) is -0.498. The van der Waals surface area contributed by atoms with Gasteiger partial charge in [0.25, 0.3) is 0 Å². The number of carbonyl (C=O) groups is 1. The molecule has 0 heterocycles. The molecule has 0 aromatic heterocycles. The minimum absolute atomic E-state index is 0.0629. The van der Waals surface area contributed by atoms with Crippen molar-refractivity contribution in [3.8, 4) is 5.75 Å². The molecule has 2 N–H and O–H groups in total. The van der Waals surface area contributed by atoms with E-state index >= 15 is 0 Å². The van der Waals surface area contributed by atoms with Crippen molar-refractivity contribution in [2.75, 3.05) is 17.2 Å². The number of benzene rings is 2. The second-order valence-corrected chi connectivity index (χ2v) is 5.62. The largest absolute Gasteiger partial charge is 0.433 e. The molecule has 0 aliphatic carbocycles. The maximum atomic E-state index is 12.4.